The second-order valence-electron chi connectivity index (χ2n) is 5.46. The molecule has 2 N–H and O–H groups in total. The van der Waals surface area contributed by atoms with Gasteiger partial charge in [0.1, 0.15) is 23.1 Å². The third-order valence-electron chi connectivity index (χ3n) is 3.13. The fraction of sp³-hybridized carbons (Fsp3) is 0.312. The molecule has 1 amide bonds. The van der Waals surface area contributed by atoms with Gasteiger partial charge in [0.05, 0.1) is 0 Å². The van der Waals surface area contributed by atoms with Crippen molar-refractivity contribution in [3.05, 3.63) is 47.7 Å². The molecule has 7 heteroatoms. The van der Waals surface area contributed by atoms with Crippen LogP contribution in [0.25, 0.3) is 0 Å². The van der Waals surface area contributed by atoms with Gasteiger partial charge in [0.25, 0.3) is 5.91 Å². The zero-order valence-corrected chi connectivity index (χ0v) is 12.9. The molecule has 23 heavy (non-hydrogen) atoms. The van der Waals surface area contributed by atoms with E-state index in [2.05, 4.69) is 34.7 Å². The maximum atomic E-state index is 13.5. The van der Waals surface area contributed by atoms with Crippen LogP contribution >= 0.6 is 0 Å². The van der Waals surface area contributed by atoms with E-state index in [1.165, 1.54) is 12.1 Å². The molecule has 0 unspecified atom stereocenters. The number of amides is 1. The van der Waals surface area contributed by atoms with E-state index in [0.717, 1.165) is 25.1 Å². The predicted molar refractivity (Wildman–Crippen MR) is 84.3 cm³/mol. The molecule has 1 heterocycles. The summed E-state index contributed by atoms with van der Waals surface area (Å²) in [6.07, 6.45) is 0.983. The normalized spacial score (nSPS) is 10.7. The van der Waals surface area contributed by atoms with E-state index in [1.807, 2.05) is 0 Å². The maximum Gasteiger partial charge on any atom is 0.276 e. The number of para-hydroxylation sites is 1. The zero-order valence-electron chi connectivity index (χ0n) is 12.9. The fourth-order valence-corrected chi connectivity index (χ4v) is 1.83. The highest BCUT2D eigenvalue weighted by Crippen LogP contribution is 2.18. The lowest BCUT2D eigenvalue weighted by Gasteiger charge is -2.08. The molecule has 0 aliphatic rings. The summed E-state index contributed by atoms with van der Waals surface area (Å²) in [4.78, 5) is 12.0. The minimum absolute atomic E-state index is 0.0259. The van der Waals surface area contributed by atoms with Gasteiger partial charge in [0.15, 0.2) is 5.69 Å². The number of nitrogens with zero attached hydrogens (tertiary/aromatic N) is 2. The van der Waals surface area contributed by atoms with Crippen molar-refractivity contribution in [2.24, 2.45) is 5.92 Å². The average molecular weight is 320 g/mol. The Morgan fingerprint density at radius 1 is 1.13 bits per heavy atom. The van der Waals surface area contributed by atoms with Crippen molar-refractivity contribution >= 4 is 17.4 Å². The van der Waals surface area contributed by atoms with Crippen LogP contribution in [-0.4, -0.2) is 22.6 Å². The number of rotatable bonds is 6. The lowest BCUT2D eigenvalue weighted by molar-refractivity contribution is 0.102. The molecule has 0 radical (unpaired) electrons. The first-order valence-corrected chi connectivity index (χ1v) is 7.30. The Balaban J connectivity index is 2.00. The van der Waals surface area contributed by atoms with E-state index in [9.17, 15) is 13.6 Å². The van der Waals surface area contributed by atoms with Crippen LogP contribution in [0.5, 0.6) is 0 Å². The summed E-state index contributed by atoms with van der Waals surface area (Å²) in [5.41, 5.74) is -0.527. The van der Waals surface area contributed by atoms with Gasteiger partial charge in [-0.2, -0.15) is 0 Å². The number of carbonyl (C=O) groups excluding carboxylic acids is 1. The molecule has 0 spiro atoms. The first-order valence-electron chi connectivity index (χ1n) is 7.30. The van der Waals surface area contributed by atoms with Gasteiger partial charge in [0.2, 0.25) is 0 Å². The monoisotopic (exact) mass is 320 g/mol. The first kappa shape index (κ1) is 16.8. The van der Waals surface area contributed by atoms with Crippen molar-refractivity contribution in [1.82, 2.24) is 10.2 Å². The molecule has 2 rings (SSSR count). The minimum Gasteiger partial charge on any atom is -0.369 e. The van der Waals surface area contributed by atoms with Crippen LogP contribution in [0.1, 0.15) is 30.8 Å². The van der Waals surface area contributed by atoms with Crippen LogP contribution in [-0.2, 0) is 0 Å². The van der Waals surface area contributed by atoms with Crippen molar-refractivity contribution in [3.8, 4) is 0 Å². The Kier molecular flexibility index (Phi) is 5.56. The van der Waals surface area contributed by atoms with E-state index >= 15 is 0 Å². The maximum absolute atomic E-state index is 13.5. The summed E-state index contributed by atoms with van der Waals surface area (Å²) in [5, 5.41) is 12.9. The highest BCUT2D eigenvalue weighted by Gasteiger charge is 2.14. The van der Waals surface area contributed by atoms with Crippen LogP contribution in [0.2, 0.25) is 0 Å². The Morgan fingerprint density at radius 3 is 2.39 bits per heavy atom. The Bertz CT molecular complexity index is 654. The van der Waals surface area contributed by atoms with Crippen LogP contribution in [0, 0.1) is 17.6 Å². The van der Waals surface area contributed by atoms with Gasteiger partial charge in [-0.25, -0.2) is 8.78 Å². The summed E-state index contributed by atoms with van der Waals surface area (Å²) in [6.45, 7) is 4.98. The first-order chi connectivity index (χ1) is 11.0. The summed E-state index contributed by atoms with van der Waals surface area (Å²) < 4.78 is 27.0. The summed E-state index contributed by atoms with van der Waals surface area (Å²) >= 11 is 0. The van der Waals surface area contributed by atoms with Gasteiger partial charge in [-0.1, -0.05) is 19.9 Å². The largest absolute Gasteiger partial charge is 0.369 e. The standard InChI is InChI=1S/C16H18F2N4O/c1-10(2)8-9-19-14-7-6-13(21-22-14)16(23)20-15-11(17)4-3-5-12(15)18/h3-7,10H,8-9H2,1-2H3,(H,19,22)(H,20,23). The minimum atomic E-state index is -0.849. The summed E-state index contributed by atoms with van der Waals surface area (Å²) in [7, 11) is 0. The van der Waals surface area contributed by atoms with Gasteiger partial charge < -0.3 is 10.6 Å². The highest BCUT2D eigenvalue weighted by molar-refractivity contribution is 6.02. The molecule has 0 saturated carbocycles. The number of carbonyl (C=O) groups is 1. The smallest absolute Gasteiger partial charge is 0.276 e. The van der Waals surface area contributed by atoms with Crippen molar-refractivity contribution < 1.29 is 13.6 Å². The molecule has 2 aromatic rings. The number of nitrogens with one attached hydrogen (secondary N) is 2. The molecule has 0 atom stereocenters. The van der Waals surface area contributed by atoms with Gasteiger partial charge >= 0.3 is 0 Å². The zero-order chi connectivity index (χ0) is 16.8. The molecule has 0 aliphatic heterocycles. The summed E-state index contributed by atoms with van der Waals surface area (Å²) in [6, 6.07) is 6.38. The van der Waals surface area contributed by atoms with Gasteiger partial charge in [0, 0.05) is 6.54 Å². The van der Waals surface area contributed by atoms with Crippen molar-refractivity contribution in [3.63, 3.8) is 0 Å². The van der Waals surface area contributed by atoms with Gasteiger partial charge in [-0.05, 0) is 36.6 Å². The van der Waals surface area contributed by atoms with E-state index in [0.29, 0.717) is 11.7 Å². The van der Waals surface area contributed by atoms with E-state index < -0.39 is 23.2 Å². The van der Waals surface area contributed by atoms with E-state index in [-0.39, 0.29) is 5.69 Å². The second-order valence-corrected chi connectivity index (χ2v) is 5.46. The third kappa shape index (κ3) is 4.70. The Morgan fingerprint density at radius 2 is 1.83 bits per heavy atom. The molecule has 0 aliphatic carbocycles. The quantitative estimate of drug-likeness (QED) is 0.855. The van der Waals surface area contributed by atoms with Gasteiger partial charge in [-0.3, -0.25) is 4.79 Å². The lowest BCUT2D eigenvalue weighted by atomic mass is 10.1. The highest BCUT2D eigenvalue weighted by atomic mass is 19.1. The molecule has 122 valence electrons. The van der Waals surface area contributed by atoms with Crippen LogP contribution in [0.4, 0.5) is 20.3 Å². The lowest BCUT2D eigenvalue weighted by Crippen LogP contribution is -2.17. The number of aromatic nitrogens is 2. The fourth-order valence-electron chi connectivity index (χ4n) is 1.83. The molecular formula is C16H18F2N4O. The molecule has 0 fully saturated rings. The van der Waals surface area contributed by atoms with Gasteiger partial charge in [-0.15, -0.1) is 10.2 Å². The summed E-state index contributed by atoms with van der Waals surface area (Å²) in [5.74, 6) is -1.32. The molecule has 5 nitrogen and oxygen atoms in total. The van der Waals surface area contributed by atoms with Crippen molar-refractivity contribution in [2.45, 2.75) is 20.3 Å². The average Bonchev–Trinajstić information content (AvgIpc) is 2.51. The topological polar surface area (TPSA) is 66.9 Å². The molecule has 0 bridgehead atoms. The number of halogens is 2. The van der Waals surface area contributed by atoms with Crippen molar-refractivity contribution in [2.75, 3.05) is 17.2 Å². The van der Waals surface area contributed by atoms with Crippen LogP contribution < -0.4 is 10.6 Å². The van der Waals surface area contributed by atoms with Crippen LogP contribution in [0.15, 0.2) is 30.3 Å². The molecule has 1 aromatic carbocycles. The Labute approximate surface area is 133 Å². The number of benzene rings is 1. The third-order valence-corrected chi connectivity index (χ3v) is 3.13. The molecule has 1 aromatic heterocycles. The van der Waals surface area contributed by atoms with E-state index in [1.54, 1.807) is 6.07 Å². The second kappa shape index (κ2) is 7.62. The predicted octanol–water partition coefficient (Wildman–Crippen LogP) is 3.47. The molecular weight excluding hydrogens is 302 g/mol. The number of anilines is 2. The molecule has 0 saturated heterocycles. The van der Waals surface area contributed by atoms with Crippen molar-refractivity contribution in [1.29, 1.82) is 0 Å². The SMILES string of the molecule is CC(C)CCNc1ccc(C(=O)Nc2c(F)cccc2F)nn1. The van der Waals surface area contributed by atoms with Crippen LogP contribution in [0.3, 0.4) is 0 Å². The Hall–Kier alpha value is -2.57. The van der Waals surface area contributed by atoms with E-state index in [4.69, 9.17) is 0 Å². The number of hydrogen-bond donors (Lipinski definition) is 2. The number of hydrogen-bond acceptors (Lipinski definition) is 4.